The van der Waals surface area contributed by atoms with Gasteiger partial charge in [-0.05, 0) is 22.6 Å². The highest BCUT2D eigenvalue weighted by Gasteiger charge is 2.13. The van der Waals surface area contributed by atoms with Gasteiger partial charge in [0.1, 0.15) is 5.52 Å². The molecule has 0 aliphatic carbocycles. The Labute approximate surface area is 117 Å². The van der Waals surface area contributed by atoms with Gasteiger partial charge in [-0.3, -0.25) is 4.79 Å². The third-order valence-electron chi connectivity index (χ3n) is 3.46. The van der Waals surface area contributed by atoms with Gasteiger partial charge in [0.25, 0.3) is 5.56 Å². The number of hydrogen-bond acceptors (Lipinski definition) is 2. The molecular formula is C16H17N3O. The van der Waals surface area contributed by atoms with E-state index in [1.165, 1.54) is 5.56 Å². The number of benzene rings is 1. The molecule has 0 spiro atoms. The second kappa shape index (κ2) is 4.34. The quantitative estimate of drug-likeness (QED) is 0.737. The van der Waals surface area contributed by atoms with Crippen LogP contribution < -0.4 is 5.56 Å². The van der Waals surface area contributed by atoms with Crippen LogP contribution in [0.3, 0.4) is 0 Å². The van der Waals surface area contributed by atoms with Crippen molar-refractivity contribution in [2.24, 2.45) is 0 Å². The maximum atomic E-state index is 11.9. The Morgan fingerprint density at radius 2 is 1.80 bits per heavy atom. The first-order chi connectivity index (χ1) is 9.45. The van der Waals surface area contributed by atoms with Gasteiger partial charge >= 0.3 is 0 Å². The lowest BCUT2D eigenvalue weighted by atomic mass is 9.86. The van der Waals surface area contributed by atoms with Gasteiger partial charge in [-0.2, -0.15) is 5.10 Å². The summed E-state index contributed by atoms with van der Waals surface area (Å²) < 4.78 is 1.60. The molecular weight excluding hydrogens is 250 g/mol. The van der Waals surface area contributed by atoms with Crippen molar-refractivity contribution < 1.29 is 0 Å². The summed E-state index contributed by atoms with van der Waals surface area (Å²) in [6, 6.07) is 9.95. The van der Waals surface area contributed by atoms with Gasteiger partial charge in [0.05, 0.1) is 18.1 Å². The number of aromatic nitrogens is 3. The fourth-order valence-electron chi connectivity index (χ4n) is 2.23. The predicted octanol–water partition coefficient (Wildman–Crippen LogP) is 2.99. The summed E-state index contributed by atoms with van der Waals surface area (Å²) in [5.41, 5.74) is 3.57. The maximum Gasteiger partial charge on any atom is 0.274 e. The van der Waals surface area contributed by atoms with Gasteiger partial charge in [0.2, 0.25) is 0 Å². The maximum absolute atomic E-state index is 11.9. The molecule has 0 aliphatic heterocycles. The number of aromatic amines is 1. The second-order valence-electron chi connectivity index (χ2n) is 5.99. The van der Waals surface area contributed by atoms with Crippen molar-refractivity contribution in [2.75, 3.05) is 0 Å². The van der Waals surface area contributed by atoms with E-state index in [4.69, 9.17) is 0 Å². The van der Waals surface area contributed by atoms with Crippen LogP contribution in [0.4, 0.5) is 0 Å². The second-order valence-corrected chi connectivity index (χ2v) is 5.99. The Bertz CT molecular complexity index is 804. The van der Waals surface area contributed by atoms with Crippen LogP contribution in [-0.4, -0.2) is 14.6 Å². The molecule has 0 aliphatic rings. The first-order valence-corrected chi connectivity index (χ1v) is 6.63. The molecule has 0 bridgehead atoms. The summed E-state index contributed by atoms with van der Waals surface area (Å²) >= 11 is 0. The molecule has 0 fully saturated rings. The minimum atomic E-state index is -0.125. The fraction of sp³-hybridized carbons (Fsp3) is 0.250. The molecule has 1 N–H and O–H groups in total. The molecule has 3 rings (SSSR count). The van der Waals surface area contributed by atoms with Crippen LogP contribution in [0, 0.1) is 0 Å². The first-order valence-electron chi connectivity index (χ1n) is 6.63. The Hall–Kier alpha value is -2.36. The summed E-state index contributed by atoms with van der Waals surface area (Å²) in [5, 5.41) is 4.12. The Morgan fingerprint density at radius 3 is 2.45 bits per heavy atom. The van der Waals surface area contributed by atoms with Gasteiger partial charge < -0.3 is 4.98 Å². The minimum absolute atomic E-state index is 0.123. The third kappa shape index (κ3) is 2.13. The predicted molar refractivity (Wildman–Crippen MR) is 79.9 cm³/mol. The third-order valence-corrected chi connectivity index (χ3v) is 3.46. The summed E-state index contributed by atoms with van der Waals surface area (Å²) in [4.78, 5) is 14.8. The first kappa shape index (κ1) is 12.7. The molecule has 1 aromatic carbocycles. The number of hydrogen-bond donors (Lipinski definition) is 1. The van der Waals surface area contributed by atoms with Crippen LogP contribution in [0.25, 0.3) is 16.8 Å². The van der Waals surface area contributed by atoms with E-state index in [1.807, 2.05) is 18.3 Å². The summed E-state index contributed by atoms with van der Waals surface area (Å²) in [6.07, 6.45) is 3.46. The highest BCUT2D eigenvalue weighted by molar-refractivity contribution is 5.60. The van der Waals surface area contributed by atoms with Crippen molar-refractivity contribution in [3.05, 3.63) is 58.6 Å². The van der Waals surface area contributed by atoms with Crippen molar-refractivity contribution in [3.63, 3.8) is 0 Å². The Kier molecular flexibility index (Phi) is 2.74. The van der Waals surface area contributed by atoms with Crippen LogP contribution in [0.2, 0.25) is 0 Å². The molecule has 20 heavy (non-hydrogen) atoms. The van der Waals surface area contributed by atoms with Gasteiger partial charge in [-0.15, -0.1) is 0 Å². The number of rotatable bonds is 1. The minimum Gasteiger partial charge on any atom is -0.319 e. The standard InChI is InChI=1S/C16H17N3O/c1-16(2,3)12-6-4-11(5-7-12)13-10-19-14(8-9-17-19)15(20)18-13/h4-10H,1-3H3,(H,18,20). The van der Waals surface area contributed by atoms with Crippen molar-refractivity contribution in [2.45, 2.75) is 26.2 Å². The van der Waals surface area contributed by atoms with Crippen LogP contribution in [-0.2, 0) is 5.41 Å². The van der Waals surface area contributed by atoms with Crippen molar-refractivity contribution in [1.29, 1.82) is 0 Å². The lowest BCUT2D eigenvalue weighted by Gasteiger charge is -2.19. The number of nitrogens with one attached hydrogen (secondary N) is 1. The number of H-pyrrole nitrogens is 1. The Balaban J connectivity index is 2.09. The van der Waals surface area contributed by atoms with Gasteiger partial charge in [0.15, 0.2) is 0 Å². The van der Waals surface area contributed by atoms with E-state index in [-0.39, 0.29) is 11.0 Å². The molecule has 0 saturated heterocycles. The topological polar surface area (TPSA) is 50.2 Å². The smallest absolute Gasteiger partial charge is 0.274 e. The van der Waals surface area contributed by atoms with E-state index < -0.39 is 0 Å². The monoisotopic (exact) mass is 267 g/mol. The molecule has 3 aromatic rings. The molecule has 4 nitrogen and oxygen atoms in total. The van der Waals surface area contributed by atoms with E-state index in [2.05, 4.69) is 43.0 Å². The SMILES string of the molecule is CC(C)(C)c1ccc(-c2cn3nccc3c(=O)[nH]2)cc1. The molecule has 2 heterocycles. The number of fused-ring (bicyclic) bond motifs is 1. The molecule has 0 radical (unpaired) electrons. The van der Waals surface area contributed by atoms with Gasteiger partial charge in [-0.25, -0.2) is 4.52 Å². The van der Waals surface area contributed by atoms with E-state index in [9.17, 15) is 4.79 Å². The van der Waals surface area contributed by atoms with Crippen LogP contribution >= 0.6 is 0 Å². The lowest BCUT2D eigenvalue weighted by Crippen LogP contribution is -2.12. The van der Waals surface area contributed by atoms with Crippen molar-refractivity contribution in [3.8, 4) is 11.3 Å². The van der Waals surface area contributed by atoms with Gasteiger partial charge in [0, 0.05) is 0 Å². The normalized spacial score (nSPS) is 11.9. The van der Waals surface area contributed by atoms with Crippen LogP contribution in [0.15, 0.2) is 47.5 Å². The van der Waals surface area contributed by atoms with E-state index in [1.54, 1.807) is 16.8 Å². The zero-order valence-electron chi connectivity index (χ0n) is 11.8. The Morgan fingerprint density at radius 1 is 1.10 bits per heavy atom. The summed E-state index contributed by atoms with van der Waals surface area (Å²) in [6.45, 7) is 6.54. The largest absolute Gasteiger partial charge is 0.319 e. The molecule has 0 amide bonds. The molecule has 0 saturated carbocycles. The van der Waals surface area contributed by atoms with Crippen LogP contribution in [0.5, 0.6) is 0 Å². The van der Waals surface area contributed by atoms with Crippen molar-refractivity contribution >= 4 is 5.52 Å². The summed E-state index contributed by atoms with van der Waals surface area (Å²) in [7, 11) is 0. The highest BCUT2D eigenvalue weighted by Crippen LogP contribution is 2.24. The molecule has 4 heteroatoms. The zero-order valence-corrected chi connectivity index (χ0v) is 11.8. The summed E-state index contributed by atoms with van der Waals surface area (Å²) in [5.74, 6) is 0. The lowest BCUT2D eigenvalue weighted by molar-refractivity contribution is 0.590. The molecule has 0 unspecified atom stereocenters. The fourth-order valence-corrected chi connectivity index (χ4v) is 2.23. The van der Waals surface area contributed by atoms with E-state index in [0.717, 1.165) is 11.3 Å². The molecule has 2 aromatic heterocycles. The van der Waals surface area contributed by atoms with E-state index >= 15 is 0 Å². The van der Waals surface area contributed by atoms with Crippen molar-refractivity contribution in [1.82, 2.24) is 14.6 Å². The molecule has 0 atom stereocenters. The average molecular weight is 267 g/mol. The van der Waals surface area contributed by atoms with Crippen LogP contribution in [0.1, 0.15) is 26.3 Å². The zero-order chi connectivity index (χ0) is 14.3. The molecule has 102 valence electrons. The number of nitrogens with zero attached hydrogens (tertiary/aromatic N) is 2. The van der Waals surface area contributed by atoms with E-state index in [0.29, 0.717) is 5.52 Å². The average Bonchev–Trinajstić information content (AvgIpc) is 2.86. The highest BCUT2D eigenvalue weighted by atomic mass is 16.1. The van der Waals surface area contributed by atoms with Gasteiger partial charge in [-0.1, -0.05) is 45.0 Å².